The van der Waals surface area contributed by atoms with Crippen LogP contribution < -0.4 is 20.7 Å². The molecule has 0 atom stereocenters. The van der Waals surface area contributed by atoms with Crippen molar-refractivity contribution in [3.63, 3.8) is 0 Å². The first-order valence-corrected chi connectivity index (χ1v) is 15.6. The number of aryl methyl sites for hydroxylation is 2. The lowest BCUT2D eigenvalue weighted by atomic mass is 9.82. The van der Waals surface area contributed by atoms with Gasteiger partial charge in [-0.3, -0.25) is 4.68 Å². The summed E-state index contributed by atoms with van der Waals surface area (Å²) in [5, 5.41) is 12.1. The summed E-state index contributed by atoms with van der Waals surface area (Å²) in [6.07, 6.45) is 5.38. The van der Waals surface area contributed by atoms with Gasteiger partial charge in [0, 0.05) is 24.1 Å². The Bertz CT molecular complexity index is 1590. The summed E-state index contributed by atoms with van der Waals surface area (Å²) in [5.74, 6) is 1.40. The average molecular weight is 567 g/mol. The highest BCUT2D eigenvalue weighted by Gasteiger charge is 2.24. The van der Waals surface area contributed by atoms with E-state index in [2.05, 4.69) is 46.5 Å². The first kappa shape index (κ1) is 28.7. The maximum absolute atomic E-state index is 13.2. The van der Waals surface area contributed by atoms with Gasteiger partial charge in [-0.1, -0.05) is 38.4 Å². The minimum atomic E-state index is -2.59. The average Bonchev–Trinajstić information content (AvgIpc) is 3.28. The molecule has 4 rings (SSSR count). The van der Waals surface area contributed by atoms with Crippen molar-refractivity contribution in [3.05, 3.63) is 64.6 Å². The van der Waals surface area contributed by atoms with E-state index in [1.165, 1.54) is 6.20 Å². The molecule has 8 nitrogen and oxygen atoms in total. The van der Waals surface area contributed by atoms with Crippen LogP contribution in [0.4, 0.5) is 23.1 Å². The molecule has 0 fully saturated rings. The minimum absolute atomic E-state index is 0.132. The van der Waals surface area contributed by atoms with Crippen LogP contribution in [-0.2, 0) is 17.0 Å². The molecule has 0 spiro atoms. The molecule has 10 heteroatoms. The lowest BCUT2D eigenvalue weighted by Crippen LogP contribution is -2.15. The fourth-order valence-corrected chi connectivity index (χ4v) is 6.46. The molecule has 0 radical (unpaired) electrons. The first-order valence-electron chi connectivity index (χ1n) is 12.6. The summed E-state index contributed by atoms with van der Waals surface area (Å²) in [5.41, 5.74) is 6.51. The Kier molecular flexibility index (Phi) is 7.84. The zero-order valence-electron chi connectivity index (χ0n) is 24.0. The van der Waals surface area contributed by atoms with Gasteiger partial charge in [0.05, 0.1) is 30.9 Å². The van der Waals surface area contributed by atoms with Crippen LogP contribution in [0.2, 0.25) is 5.02 Å². The van der Waals surface area contributed by atoms with Crippen molar-refractivity contribution < 1.29 is 9.30 Å². The van der Waals surface area contributed by atoms with Gasteiger partial charge in [0.15, 0.2) is 5.82 Å². The minimum Gasteiger partial charge on any atom is -0.495 e. The predicted molar refractivity (Wildman–Crippen MR) is 163 cm³/mol. The van der Waals surface area contributed by atoms with E-state index in [4.69, 9.17) is 16.3 Å². The summed E-state index contributed by atoms with van der Waals surface area (Å²) in [4.78, 5) is 9.08. The third-order valence-corrected chi connectivity index (χ3v) is 8.58. The lowest BCUT2D eigenvalue weighted by Gasteiger charge is -2.25. The Balaban J connectivity index is 1.77. The molecule has 0 aliphatic rings. The van der Waals surface area contributed by atoms with Crippen molar-refractivity contribution in [1.82, 2.24) is 19.7 Å². The molecule has 0 aliphatic carbocycles. The van der Waals surface area contributed by atoms with Gasteiger partial charge in [0.1, 0.15) is 17.9 Å². The quantitative estimate of drug-likeness (QED) is 0.229. The van der Waals surface area contributed by atoms with Crippen LogP contribution in [-0.4, -0.2) is 40.2 Å². The standard InChI is InChI=1S/C29H36ClN6O2P/c1-17-10-11-23(26(18(17)2)39(8,9)37)33-27-22(30)15-31-28(35-27)34-24-12-20(19-14-32-36(6)16-19)21(29(3,4)5)13-25(24)38-7/h10-16H,1-9H3,(H2,31,33,34,35). The number of anilines is 4. The Hall–Kier alpha value is -3.35. The van der Waals surface area contributed by atoms with Crippen LogP contribution >= 0.6 is 18.7 Å². The largest absolute Gasteiger partial charge is 0.495 e. The van der Waals surface area contributed by atoms with Crippen LogP contribution in [0.5, 0.6) is 5.75 Å². The maximum Gasteiger partial charge on any atom is 0.229 e. The monoisotopic (exact) mass is 566 g/mol. The Morgan fingerprint density at radius 1 is 1.05 bits per heavy atom. The predicted octanol–water partition coefficient (Wildman–Crippen LogP) is 7.19. The van der Waals surface area contributed by atoms with Crippen molar-refractivity contribution >= 4 is 47.2 Å². The van der Waals surface area contributed by atoms with Crippen molar-refractivity contribution in [1.29, 1.82) is 0 Å². The van der Waals surface area contributed by atoms with Gasteiger partial charge in [0.2, 0.25) is 5.95 Å². The fraction of sp³-hybridized carbons (Fsp3) is 0.345. The molecule has 0 aliphatic heterocycles. The Morgan fingerprint density at radius 3 is 2.36 bits per heavy atom. The first-order chi connectivity index (χ1) is 18.2. The zero-order chi connectivity index (χ0) is 28.7. The molecule has 0 unspecified atom stereocenters. The second kappa shape index (κ2) is 10.7. The van der Waals surface area contributed by atoms with E-state index in [0.29, 0.717) is 33.9 Å². The van der Waals surface area contributed by atoms with Gasteiger partial charge < -0.3 is 19.9 Å². The maximum atomic E-state index is 13.2. The van der Waals surface area contributed by atoms with Gasteiger partial charge in [-0.15, -0.1) is 0 Å². The van der Waals surface area contributed by atoms with E-state index < -0.39 is 7.14 Å². The van der Waals surface area contributed by atoms with Crippen LogP contribution in [0.25, 0.3) is 11.1 Å². The van der Waals surface area contributed by atoms with Crippen molar-refractivity contribution in [2.24, 2.45) is 7.05 Å². The Morgan fingerprint density at radius 2 is 1.77 bits per heavy atom. The van der Waals surface area contributed by atoms with Gasteiger partial charge in [0.25, 0.3) is 0 Å². The van der Waals surface area contributed by atoms with Gasteiger partial charge in [-0.2, -0.15) is 10.1 Å². The van der Waals surface area contributed by atoms with Crippen LogP contribution in [0.15, 0.2) is 42.9 Å². The molecule has 2 N–H and O–H groups in total. The van der Waals surface area contributed by atoms with Crippen LogP contribution in [0.1, 0.15) is 37.5 Å². The highest BCUT2D eigenvalue weighted by Crippen LogP contribution is 2.42. The number of rotatable bonds is 7. The third-order valence-electron chi connectivity index (χ3n) is 6.65. The summed E-state index contributed by atoms with van der Waals surface area (Å²) < 4.78 is 20.7. The number of hydrogen-bond acceptors (Lipinski definition) is 7. The second-order valence-electron chi connectivity index (χ2n) is 11.1. The summed E-state index contributed by atoms with van der Waals surface area (Å²) >= 11 is 6.51. The molecule has 2 aromatic carbocycles. The number of nitrogens with zero attached hydrogens (tertiary/aromatic N) is 4. The van der Waals surface area contributed by atoms with E-state index in [0.717, 1.165) is 33.1 Å². The molecule has 4 aromatic rings. The lowest BCUT2D eigenvalue weighted by molar-refractivity contribution is 0.415. The molecule has 2 heterocycles. The van der Waals surface area contributed by atoms with E-state index >= 15 is 0 Å². The van der Waals surface area contributed by atoms with Gasteiger partial charge in [-0.25, -0.2) is 4.98 Å². The van der Waals surface area contributed by atoms with Crippen molar-refractivity contribution in [2.75, 3.05) is 31.1 Å². The van der Waals surface area contributed by atoms with Crippen molar-refractivity contribution in [2.45, 2.75) is 40.0 Å². The number of halogens is 1. The number of nitrogens with one attached hydrogen (secondary N) is 2. The smallest absolute Gasteiger partial charge is 0.229 e. The molecule has 39 heavy (non-hydrogen) atoms. The van der Waals surface area contributed by atoms with E-state index in [9.17, 15) is 4.57 Å². The van der Waals surface area contributed by atoms with E-state index in [-0.39, 0.29) is 5.41 Å². The zero-order valence-corrected chi connectivity index (χ0v) is 25.6. The normalized spacial score (nSPS) is 11.9. The number of hydrogen-bond donors (Lipinski definition) is 2. The second-order valence-corrected chi connectivity index (χ2v) is 14.7. The summed E-state index contributed by atoms with van der Waals surface area (Å²) in [7, 11) is 0.950. The van der Waals surface area contributed by atoms with Crippen LogP contribution in [0.3, 0.4) is 0 Å². The van der Waals surface area contributed by atoms with E-state index in [1.807, 2.05) is 57.6 Å². The molecule has 2 aromatic heterocycles. The van der Waals surface area contributed by atoms with E-state index in [1.54, 1.807) is 25.1 Å². The number of benzene rings is 2. The molecule has 0 bridgehead atoms. The molecular weight excluding hydrogens is 531 g/mol. The molecular formula is C29H36ClN6O2P. The fourth-order valence-electron chi connectivity index (χ4n) is 4.62. The number of methoxy groups -OCH3 is 1. The SMILES string of the molecule is COc1cc(C(C)(C)C)c(-c2cnn(C)c2)cc1Nc1ncc(Cl)c(Nc2ccc(C)c(C)c2P(C)(C)=O)n1. The molecule has 0 saturated carbocycles. The molecule has 0 amide bonds. The number of ether oxygens (including phenoxy) is 1. The van der Waals surface area contributed by atoms with Crippen molar-refractivity contribution in [3.8, 4) is 16.9 Å². The highest BCUT2D eigenvalue weighted by atomic mass is 35.5. The number of aromatic nitrogens is 4. The van der Waals surface area contributed by atoms with Gasteiger partial charge in [-0.05, 0) is 73.0 Å². The summed E-state index contributed by atoms with van der Waals surface area (Å²) in [6, 6.07) is 7.98. The molecule has 0 saturated heterocycles. The Labute approximate surface area is 235 Å². The topological polar surface area (TPSA) is 94.0 Å². The van der Waals surface area contributed by atoms with Gasteiger partial charge >= 0.3 is 0 Å². The van der Waals surface area contributed by atoms with Crippen LogP contribution in [0, 0.1) is 13.8 Å². The highest BCUT2D eigenvalue weighted by molar-refractivity contribution is 7.70. The molecule has 206 valence electrons. The third kappa shape index (κ3) is 6.13. The summed E-state index contributed by atoms with van der Waals surface area (Å²) in [6.45, 7) is 14.0.